The van der Waals surface area contributed by atoms with Gasteiger partial charge in [-0.2, -0.15) is 4.31 Å². The molecular formula is C23H34N6O4S. The number of benzene rings is 1. The van der Waals surface area contributed by atoms with E-state index in [1.807, 2.05) is 19.9 Å². The molecule has 0 spiro atoms. The SMILES string of the molecule is CCOc1ccc(S(=O)(=O)N2CCN(c3cc(N4CCN(C)CC4)ncn3)CC2)c(OCC)c1. The molecule has 0 atom stereocenters. The summed E-state index contributed by atoms with van der Waals surface area (Å²) >= 11 is 0. The zero-order valence-electron chi connectivity index (χ0n) is 20.2. The third kappa shape index (κ3) is 5.37. The van der Waals surface area contributed by atoms with Crippen LogP contribution in [0.15, 0.2) is 35.5 Å². The number of anilines is 2. The molecule has 0 radical (unpaired) electrons. The Kier molecular flexibility index (Phi) is 7.74. The van der Waals surface area contributed by atoms with Gasteiger partial charge in [-0.15, -0.1) is 0 Å². The summed E-state index contributed by atoms with van der Waals surface area (Å²) in [4.78, 5) is 15.8. The van der Waals surface area contributed by atoms with Crippen LogP contribution < -0.4 is 19.3 Å². The summed E-state index contributed by atoms with van der Waals surface area (Å²) in [6.45, 7) is 10.3. The van der Waals surface area contributed by atoms with E-state index in [4.69, 9.17) is 9.47 Å². The van der Waals surface area contributed by atoms with Crippen molar-refractivity contribution in [1.29, 1.82) is 0 Å². The van der Waals surface area contributed by atoms with E-state index in [1.165, 1.54) is 4.31 Å². The summed E-state index contributed by atoms with van der Waals surface area (Å²) in [5.74, 6) is 2.67. The van der Waals surface area contributed by atoms with Crippen LogP contribution in [0.1, 0.15) is 13.8 Å². The zero-order valence-corrected chi connectivity index (χ0v) is 21.0. The van der Waals surface area contributed by atoms with Crippen LogP contribution in [0.2, 0.25) is 0 Å². The highest BCUT2D eigenvalue weighted by Gasteiger charge is 2.32. The second-order valence-electron chi connectivity index (χ2n) is 8.39. The molecule has 1 aromatic heterocycles. The van der Waals surface area contributed by atoms with E-state index in [9.17, 15) is 8.42 Å². The number of aromatic nitrogens is 2. The third-order valence-corrected chi connectivity index (χ3v) is 8.11. The number of nitrogens with zero attached hydrogens (tertiary/aromatic N) is 6. The summed E-state index contributed by atoms with van der Waals surface area (Å²) in [5.41, 5.74) is 0. The van der Waals surface area contributed by atoms with Crippen LogP contribution in [0.3, 0.4) is 0 Å². The van der Waals surface area contributed by atoms with Crippen molar-refractivity contribution in [2.75, 3.05) is 82.4 Å². The summed E-state index contributed by atoms with van der Waals surface area (Å²) in [5, 5.41) is 0. The lowest BCUT2D eigenvalue weighted by Gasteiger charge is -2.36. The van der Waals surface area contributed by atoms with E-state index >= 15 is 0 Å². The van der Waals surface area contributed by atoms with E-state index < -0.39 is 10.0 Å². The van der Waals surface area contributed by atoms with Crippen molar-refractivity contribution in [3.63, 3.8) is 0 Å². The minimum Gasteiger partial charge on any atom is -0.494 e. The summed E-state index contributed by atoms with van der Waals surface area (Å²) < 4.78 is 39.5. The Bertz CT molecular complexity index is 1070. The largest absolute Gasteiger partial charge is 0.494 e. The van der Waals surface area contributed by atoms with Crippen LogP contribution in [0.25, 0.3) is 0 Å². The topological polar surface area (TPSA) is 91.3 Å². The Morgan fingerprint density at radius 3 is 2.00 bits per heavy atom. The van der Waals surface area contributed by atoms with Crippen molar-refractivity contribution in [1.82, 2.24) is 19.2 Å². The van der Waals surface area contributed by atoms with E-state index in [2.05, 4.69) is 31.7 Å². The molecule has 0 saturated carbocycles. The lowest BCUT2D eigenvalue weighted by atomic mass is 10.3. The summed E-state index contributed by atoms with van der Waals surface area (Å²) in [7, 11) is -1.58. The quantitative estimate of drug-likeness (QED) is 0.546. The van der Waals surface area contributed by atoms with Crippen molar-refractivity contribution in [2.45, 2.75) is 18.7 Å². The predicted molar refractivity (Wildman–Crippen MR) is 131 cm³/mol. The molecule has 34 heavy (non-hydrogen) atoms. The molecular weight excluding hydrogens is 456 g/mol. The number of ether oxygens (including phenoxy) is 2. The van der Waals surface area contributed by atoms with Gasteiger partial charge in [-0.25, -0.2) is 18.4 Å². The molecule has 10 nitrogen and oxygen atoms in total. The van der Waals surface area contributed by atoms with Gasteiger partial charge >= 0.3 is 0 Å². The average Bonchev–Trinajstić information content (AvgIpc) is 2.85. The lowest BCUT2D eigenvalue weighted by molar-refractivity contribution is 0.312. The first-order chi connectivity index (χ1) is 16.4. The van der Waals surface area contributed by atoms with Crippen molar-refractivity contribution in [2.24, 2.45) is 0 Å². The fraction of sp³-hybridized carbons (Fsp3) is 0.565. The Balaban J connectivity index is 1.45. The molecule has 2 aromatic rings. The molecule has 3 heterocycles. The Morgan fingerprint density at radius 2 is 1.41 bits per heavy atom. The van der Waals surface area contributed by atoms with Gasteiger partial charge in [0.2, 0.25) is 10.0 Å². The van der Waals surface area contributed by atoms with Gasteiger partial charge in [-0.05, 0) is 33.0 Å². The molecule has 0 aliphatic carbocycles. The molecule has 2 fully saturated rings. The smallest absolute Gasteiger partial charge is 0.246 e. The molecule has 0 unspecified atom stereocenters. The minimum atomic E-state index is -3.70. The monoisotopic (exact) mass is 490 g/mol. The molecule has 2 aliphatic rings. The minimum absolute atomic E-state index is 0.172. The van der Waals surface area contributed by atoms with E-state index in [1.54, 1.807) is 24.5 Å². The number of piperazine rings is 2. The van der Waals surface area contributed by atoms with Crippen molar-refractivity contribution in [3.05, 3.63) is 30.6 Å². The summed E-state index contributed by atoms with van der Waals surface area (Å²) in [6, 6.07) is 6.91. The van der Waals surface area contributed by atoms with Crippen LogP contribution in [0.5, 0.6) is 11.5 Å². The second kappa shape index (κ2) is 10.7. The fourth-order valence-electron chi connectivity index (χ4n) is 4.24. The maximum atomic E-state index is 13.4. The highest BCUT2D eigenvalue weighted by Crippen LogP contribution is 2.32. The molecule has 4 rings (SSSR count). The number of likely N-dealkylation sites (N-methyl/N-ethyl adjacent to an activating group) is 1. The molecule has 11 heteroatoms. The number of hydrogen-bond acceptors (Lipinski definition) is 9. The number of hydrogen-bond donors (Lipinski definition) is 0. The van der Waals surface area contributed by atoms with Gasteiger partial charge in [-0.1, -0.05) is 0 Å². The molecule has 0 bridgehead atoms. The van der Waals surface area contributed by atoms with E-state index in [0.717, 1.165) is 37.8 Å². The Labute approximate surface area is 202 Å². The molecule has 0 N–H and O–H groups in total. The number of rotatable bonds is 8. The van der Waals surface area contributed by atoms with Crippen molar-refractivity contribution >= 4 is 21.7 Å². The molecule has 1 aromatic carbocycles. The van der Waals surface area contributed by atoms with Crippen LogP contribution in [-0.4, -0.2) is 100 Å². The maximum Gasteiger partial charge on any atom is 0.246 e. The molecule has 0 amide bonds. The van der Waals surface area contributed by atoms with Gasteiger partial charge in [-0.3, -0.25) is 0 Å². The Hall–Kier alpha value is -2.63. The second-order valence-corrected chi connectivity index (χ2v) is 10.3. The first kappa shape index (κ1) is 24.5. The lowest BCUT2D eigenvalue weighted by Crippen LogP contribution is -2.49. The van der Waals surface area contributed by atoms with Gasteiger partial charge in [0, 0.05) is 64.5 Å². The van der Waals surface area contributed by atoms with Crippen LogP contribution in [0, 0.1) is 0 Å². The van der Waals surface area contributed by atoms with Crippen LogP contribution in [-0.2, 0) is 10.0 Å². The maximum absolute atomic E-state index is 13.4. The fourth-order valence-corrected chi connectivity index (χ4v) is 5.78. The van der Waals surface area contributed by atoms with Gasteiger partial charge in [0.25, 0.3) is 0 Å². The van der Waals surface area contributed by atoms with Crippen LogP contribution >= 0.6 is 0 Å². The number of sulfonamides is 1. The third-order valence-electron chi connectivity index (χ3n) is 6.17. The Morgan fingerprint density at radius 1 is 0.824 bits per heavy atom. The molecule has 2 aliphatic heterocycles. The van der Waals surface area contributed by atoms with Gasteiger partial charge < -0.3 is 24.2 Å². The van der Waals surface area contributed by atoms with E-state index in [0.29, 0.717) is 50.9 Å². The first-order valence-electron chi connectivity index (χ1n) is 11.8. The van der Waals surface area contributed by atoms with Crippen molar-refractivity contribution < 1.29 is 17.9 Å². The van der Waals surface area contributed by atoms with Crippen LogP contribution in [0.4, 0.5) is 11.6 Å². The first-order valence-corrected chi connectivity index (χ1v) is 13.3. The average molecular weight is 491 g/mol. The highest BCUT2D eigenvalue weighted by molar-refractivity contribution is 7.89. The van der Waals surface area contributed by atoms with Gasteiger partial charge in [0.05, 0.1) is 13.2 Å². The normalized spacial score (nSPS) is 18.2. The standard InChI is InChI=1S/C23H34N6O4S/c1-4-32-19-6-7-21(20(16-19)33-5-2)34(30,31)29-14-12-28(13-15-29)23-17-22(24-18-25-23)27-10-8-26(3)9-11-27/h6-7,16-18H,4-5,8-15H2,1-3H3. The van der Waals surface area contributed by atoms with E-state index in [-0.39, 0.29) is 4.90 Å². The molecule has 2 saturated heterocycles. The van der Waals surface area contributed by atoms with Gasteiger partial charge in [0.1, 0.15) is 34.4 Å². The predicted octanol–water partition coefficient (Wildman–Crippen LogP) is 1.54. The molecule has 186 valence electrons. The zero-order chi connectivity index (χ0) is 24.1. The van der Waals surface area contributed by atoms with Crippen molar-refractivity contribution in [3.8, 4) is 11.5 Å². The van der Waals surface area contributed by atoms with Gasteiger partial charge in [0.15, 0.2) is 0 Å². The highest BCUT2D eigenvalue weighted by atomic mass is 32.2. The summed E-state index contributed by atoms with van der Waals surface area (Å²) in [6.07, 6.45) is 1.60.